The summed E-state index contributed by atoms with van der Waals surface area (Å²) in [4.78, 5) is 3.98. The highest BCUT2D eigenvalue weighted by atomic mass is 32.2. The lowest BCUT2D eigenvalue weighted by Crippen LogP contribution is -2.32. The minimum absolute atomic E-state index is 0.295. The van der Waals surface area contributed by atoms with Crippen molar-refractivity contribution in [2.45, 2.75) is 5.50 Å². The molecule has 0 spiro atoms. The van der Waals surface area contributed by atoms with Gasteiger partial charge in [0.25, 0.3) is 0 Å². The molecule has 3 nitrogen and oxygen atoms in total. The minimum Gasteiger partial charge on any atom is -0.360 e. The first kappa shape index (κ1) is 8.59. The van der Waals surface area contributed by atoms with Crippen LogP contribution in [0.5, 0.6) is 0 Å². The van der Waals surface area contributed by atoms with Crippen molar-refractivity contribution in [3.8, 4) is 0 Å². The van der Waals surface area contributed by atoms with E-state index in [0.717, 1.165) is 5.70 Å². The van der Waals surface area contributed by atoms with Crippen LogP contribution in [0.2, 0.25) is 0 Å². The smallest absolute Gasteiger partial charge is 0.129 e. The highest BCUT2D eigenvalue weighted by molar-refractivity contribution is 8.03. The second-order valence-electron chi connectivity index (χ2n) is 2.72. The maximum absolute atomic E-state index is 3.98. The predicted molar refractivity (Wildman–Crippen MR) is 55.8 cm³/mol. The van der Waals surface area contributed by atoms with E-state index in [9.17, 15) is 0 Å². The van der Waals surface area contributed by atoms with Crippen molar-refractivity contribution >= 4 is 17.5 Å². The van der Waals surface area contributed by atoms with E-state index in [1.165, 1.54) is 5.56 Å². The minimum atomic E-state index is 0.295. The van der Waals surface area contributed by atoms with Crippen LogP contribution in [0.25, 0.3) is 5.70 Å². The molecule has 0 saturated carbocycles. The fraction of sp³-hybridized carbons (Fsp3) is 0.222. The van der Waals surface area contributed by atoms with Crippen molar-refractivity contribution in [1.82, 2.24) is 15.6 Å². The van der Waals surface area contributed by atoms with E-state index in [0.29, 0.717) is 5.50 Å². The van der Waals surface area contributed by atoms with Gasteiger partial charge in [-0.25, -0.2) is 0 Å². The molecule has 2 heterocycles. The molecule has 68 valence electrons. The molecule has 0 bridgehead atoms. The Morgan fingerprint density at radius 2 is 2.23 bits per heavy atom. The third kappa shape index (κ3) is 1.84. The molecule has 1 aliphatic heterocycles. The van der Waals surface area contributed by atoms with E-state index in [2.05, 4.69) is 21.0 Å². The van der Waals surface area contributed by atoms with Crippen molar-refractivity contribution in [2.75, 3.05) is 7.05 Å². The average Bonchev–Trinajstić information content (AvgIpc) is 2.67. The normalized spacial score (nSPS) is 21.0. The first-order valence-electron chi connectivity index (χ1n) is 4.10. The number of rotatable bonds is 2. The van der Waals surface area contributed by atoms with Crippen molar-refractivity contribution in [2.24, 2.45) is 0 Å². The second kappa shape index (κ2) is 3.81. The van der Waals surface area contributed by atoms with Crippen LogP contribution in [-0.2, 0) is 0 Å². The number of thioether (sulfide) groups is 1. The molecule has 2 N–H and O–H groups in total. The second-order valence-corrected chi connectivity index (χ2v) is 3.70. The number of hydrogen-bond acceptors (Lipinski definition) is 4. The van der Waals surface area contributed by atoms with E-state index in [1.807, 2.05) is 19.2 Å². The Labute approximate surface area is 81.6 Å². The van der Waals surface area contributed by atoms with E-state index in [-0.39, 0.29) is 0 Å². The third-order valence-corrected chi connectivity index (χ3v) is 2.86. The molecule has 1 atom stereocenters. The lowest BCUT2D eigenvalue weighted by molar-refractivity contribution is 0.703. The van der Waals surface area contributed by atoms with Gasteiger partial charge in [0.15, 0.2) is 0 Å². The largest absolute Gasteiger partial charge is 0.360 e. The quantitative estimate of drug-likeness (QED) is 0.740. The zero-order valence-electron chi connectivity index (χ0n) is 7.32. The third-order valence-electron chi connectivity index (χ3n) is 1.86. The van der Waals surface area contributed by atoms with Crippen LogP contribution >= 0.6 is 11.8 Å². The maximum atomic E-state index is 3.98. The summed E-state index contributed by atoms with van der Waals surface area (Å²) in [5, 5.41) is 8.61. The lowest BCUT2D eigenvalue weighted by atomic mass is 10.2. The average molecular weight is 193 g/mol. The summed E-state index contributed by atoms with van der Waals surface area (Å²) >= 11 is 1.74. The molecule has 13 heavy (non-hydrogen) atoms. The Morgan fingerprint density at radius 3 is 2.85 bits per heavy atom. The number of nitrogens with one attached hydrogen (secondary N) is 2. The van der Waals surface area contributed by atoms with Gasteiger partial charge in [0.05, 0.1) is 0 Å². The zero-order chi connectivity index (χ0) is 9.10. The Balaban J connectivity index is 2.12. The van der Waals surface area contributed by atoms with Crippen LogP contribution in [0.15, 0.2) is 29.9 Å². The van der Waals surface area contributed by atoms with Crippen LogP contribution in [0.3, 0.4) is 0 Å². The summed E-state index contributed by atoms with van der Waals surface area (Å²) in [6, 6.07) is 3.99. The van der Waals surface area contributed by atoms with Gasteiger partial charge in [0.1, 0.15) is 5.50 Å². The molecule has 1 unspecified atom stereocenters. The van der Waals surface area contributed by atoms with Gasteiger partial charge in [-0.05, 0) is 24.6 Å². The molecule has 0 saturated heterocycles. The van der Waals surface area contributed by atoms with Crippen LogP contribution in [0.1, 0.15) is 5.56 Å². The van der Waals surface area contributed by atoms with Gasteiger partial charge < -0.3 is 5.32 Å². The molecule has 1 aliphatic rings. The van der Waals surface area contributed by atoms with Gasteiger partial charge in [0, 0.05) is 23.7 Å². The van der Waals surface area contributed by atoms with Crippen LogP contribution in [0, 0.1) is 0 Å². The molecule has 4 heteroatoms. The predicted octanol–water partition coefficient (Wildman–Crippen LogP) is 1.22. The highest BCUT2D eigenvalue weighted by Crippen LogP contribution is 2.24. The molecule has 0 aromatic carbocycles. The summed E-state index contributed by atoms with van der Waals surface area (Å²) < 4.78 is 0. The van der Waals surface area contributed by atoms with E-state index in [4.69, 9.17) is 0 Å². The van der Waals surface area contributed by atoms with Crippen LogP contribution in [-0.4, -0.2) is 17.5 Å². The molecular weight excluding hydrogens is 182 g/mol. The molecule has 1 aromatic rings. The SMILES string of the molecule is CNC1NC(c2ccncc2)=CS1. The van der Waals surface area contributed by atoms with Gasteiger partial charge in [-0.15, -0.1) is 0 Å². The summed E-state index contributed by atoms with van der Waals surface area (Å²) in [5.74, 6) is 0. The molecule has 0 fully saturated rings. The number of nitrogens with zero attached hydrogens (tertiary/aromatic N) is 1. The van der Waals surface area contributed by atoms with Crippen molar-refractivity contribution < 1.29 is 0 Å². The Morgan fingerprint density at radius 1 is 1.46 bits per heavy atom. The summed E-state index contributed by atoms with van der Waals surface area (Å²) in [5.41, 5.74) is 2.63. The summed E-state index contributed by atoms with van der Waals surface area (Å²) in [6.45, 7) is 0. The standard InChI is InChI=1S/C9H11N3S/c1-10-9-12-8(6-13-9)7-2-4-11-5-3-7/h2-6,9-10,12H,1H3. The Kier molecular flexibility index (Phi) is 2.52. The van der Waals surface area contributed by atoms with Gasteiger partial charge in [-0.2, -0.15) is 0 Å². The number of hydrogen-bond donors (Lipinski definition) is 2. The monoisotopic (exact) mass is 193 g/mol. The van der Waals surface area contributed by atoms with Crippen molar-refractivity contribution in [1.29, 1.82) is 0 Å². The number of aromatic nitrogens is 1. The summed E-state index contributed by atoms with van der Waals surface area (Å²) in [6.07, 6.45) is 3.60. The fourth-order valence-corrected chi connectivity index (χ4v) is 1.98. The molecule has 0 radical (unpaired) electrons. The van der Waals surface area contributed by atoms with Crippen LogP contribution < -0.4 is 10.6 Å². The number of pyridine rings is 1. The van der Waals surface area contributed by atoms with Gasteiger partial charge in [-0.3, -0.25) is 10.3 Å². The Bertz CT molecular complexity index is 310. The molecule has 2 rings (SSSR count). The van der Waals surface area contributed by atoms with Gasteiger partial charge in [0.2, 0.25) is 0 Å². The van der Waals surface area contributed by atoms with Crippen molar-refractivity contribution in [3.63, 3.8) is 0 Å². The van der Waals surface area contributed by atoms with Crippen LogP contribution in [0.4, 0.5) is 0 Å². The van der Waals surface area contributed by atoms with E-state index < -0.39 is 0 Å². The molecule has 1 aromatic heterocycles. The molecule has 0 amide bonds. The van der Waals surface area contributed by atoms with Crippen molar-refractivity contribution in [3.05, 3.63) is 35.5 Å². The first-order valence-corrected chi connectivity index (χ1v) is 5.04. The summed E-state index contributed by atoms with van der Waals surface area (Å²) in [7, 11) is 1.94. The first-order chi connectivity index (χ1) is 6.40. The zero-order valence-corrected chi connectivity index (χ0v) is 8.14. The maximum Gasteiger partial charge on any atom is 0.129 e. The fourth-order valence-electron chi connectivity index (χ4n) is 1.17. The lowest BCUT2D eigenvalue weighted by Gasteiger charge is -2.10. The Hall–Kier alpha value is -1.000. The molecular formula is C9H11N3S. The molecule has 0 aliphatic carbocycles. The van der Waals surface area contributed by atoms with Gasteiger partial charge in [-0.1, -0.05) is 11.8 Å². The highest BCUT2D eigenvalue weighted by Gasteiger charge is 2.14. The van der Waals surface area contributed by atoms with E-state index >= 15 is 0 Å². The van der Waals surface area contributed by atoms with Gasteiger partial charge >= 0.3 is 0 Å². The topological polar surface area (TPSA) is 37.0 Å². The van der Waals surface area contributed by atoms with E-state index in [1.54, 1.807) is 24.2 Å².